The van der Waals surface area contributed by atoms with Crippen molar-refractivity contribution in [2.24, 2.45) is 0 Å². The number of unbranched alkanes of at least 4 members (excludes halogenated alkanes) is 29. The highest BCUT2D eigenvalue weighted by Gasteiger charge is 2.30. The average molecular weight is 1610 g/mol. The molecule has 0 aromatic carbocycles. The van der Waals surface area contributed by atoms with Gasteiger partial charge < -0.3 is 33.8 Å². The molecular weight excluding hydrogens is 1450 g/mol. The van der Waals surface area contributed by atoms with Crippen LogP contribution in [0.2, 0.25) is 0 Å². The molecule has 5 unspecified atom stereocenters. The molecule has 112 heavy (non-hydrogen) atoms. The van der Waals surface area contributed by atoms with Crippen molar-refractivity contribution >= 4 is 39.5 Å². The maximum atomic E-state index is 13.2. The molecule has 0 amide bonds. The maximum absolute atomic E-state index is 13.2. The van der Waals surface area contributed by atoms with Gasteiger partial charge in [-0.1, -0.05) is 308 Å². The third-order valence-electron chi connectivity index (χ3n) is 18.0. The number of aliphatic hydroxyl groups is 1. The Morgan fingerprint density at radius 3 is 0.714 bits per heavy atom. The quantitative estimate of drug-likeness (QED) is 0.0169. The molecule has 0 heterocycles. The van der Waals surface area contributed by atoms with E-state index in [0.717, 1.165) is 231 Å². The monoisotopic (exact) mass is 1610 g/mol. The van der Waals surface area contributed by atoms with E-state index >= 15 is 0 Å². The van der Waals surface area contributed by atoms with E-state index in [1.807, 2.05) is 0 Å². The van der Waals surface area contributed by atoms with Crippen molar-refractivity contribution in [1.29, 1.82) is 0 Å². The van der Waals surface area contributed by atoms with Gasteiger partial charge in [0.2, 0.25) is 0 Å². The van der Waals surface area contributed by atoms with Gasteiger partial charge in [-0.2, -0.15) is 0 Å². The summed E-state index contributed by atoms with van der Waals surface area (Å²) in [6.07, 6.45) is 99.0. The molecule has 0 aliphatic heterocycles. The first-order chi connectivity index (χ1) is 54.7. The molecule has 0 rings (SSSR count). The van der Waals surface area contributed by atoms with Gasteiger partial charge in [-0.15, -0.1) is 0 Å². The maximum Gasteiger partial charge on any atom is 0.472 e. The van der Waals surface area contributed by atoms with Crippen LogP contribution in [0.5, 0.6) is 0 Å². The van der Waals surface area contributed by atoms with Crippen molar-refractivity contribution < 1.29 is 80.2 Å². The van der Waals surface area contributed by atoms with E-state index in [1.54, 1.807) is 0 Å². The molecule has 0 aliphatic carbocycles. The Hall–Kier alpha value is -5.32. The normalized spacial score (nSPS) is 14.5. The SMILES string of the molecule is CC/C=C\C/C=C\C/C=C\C/C=C\CCCCCCCCC(=O)OCC(COP(=O)(O)OCC(O)COP(=O)(O)OCC(COC(=O)CCCCCCCC/C=C\C/C=C\C/C=C\C/C=C\CC)OC(=O)CCCCCCCC/C=C\C/C=C\C/C=C\CCCCC)OC(=O)CCCCCCC/C=C\C/C=C\CCCCC. The molecular formula is C93H156O17P2. The van der Waals surface area contributed by atoms with Crippen molar-refractivity contribution in [3.05, 3.63) is 158 Å². The molecule has 3 N–H and O–H groups in total. The summed E-state index contributed by atoms with van der Waals surface area (Å²) in [5.74, 6) is -2.23. The van der Waals surface area contributed by atoms with E-state index in [9.17, 15) is 43.2 Å². The Morgan fingerprint density at radius 1 is 0.259 bits per heavy atom. The van der Waals surface area contributed by atoms with E-state index < -0.39 is 97.5 Å². The highest BCUT2D eigenvalue weighted by Crippen LogP contribution is 2.45. The second kappa shape index (κ2) is 83.6. The molecule has 0 aromatic heterocycles. The Morgan fingerprint density at radius 2 is 0.464 bits per heavy atom. The highest BCUT2D eigenvalue weighted by atomic mass is 31.2. The van der Waals surface area contributed by atoms with E-state index in [4.69, 9.17) is 37.0 Å². The predicted molar refractivity (Wildman–Crippen MR) is 464 cm³/mol. The number of hydrogen-bond donors (Lipinski definition) is 3. The third kappa shape index (κ3) is 82.7. The summed E-state index contributed by atoms with van der Waals surface area (Å²) in [6.45, 7) is 4.57. The Bertz CT molecular complexity index is 2740. The summed E-state index contributed by atoms with van der Waals surface area (Å²) in [4.78, 5) is 73.4. The van der Waals surface area contributed by atoms with E-state index in [0.29, 0.717) is 25.7 Å². The van der Waals surface area contributed by atoms with Gasteiger partial charge in [-0.25, -0.2) is 9.13 Å². The van der Waals surface area contributed by atoms with Crippen LogP contribution in [-0.4, -0.2) is 96.7 Å². The number of carbonyl (C=O) groups excluding carboxylic acids is 4. The zero-order valence-corrected chi connectivity index (χ0v) is 72.1. The average Bonchev–Trinajstić information content (AvgIpc) is 0.898. The van der Waals surface area contributed by atoms with Crippen LogP contribution in [0.1, 0.15) is 349 Å². The first kappa shape index (κ1) is 107. The van der Waals surface area contributed by atoms with Crippen LogP contribution in [0, 0.1) is 0 Å². The number of hydrogen-bond acceptors (Lipinski definition) is 15. The predicted octanol–water partition coefficient (Wildman–Crippen LogP) is 26.3. The minimum atomic E-state index is -5.00. The minimum absolute atomic E-state index is 0.0712. The molecule has 0 fully saturated rings. The lowest BCUT2D eigenvalue weighted by molar-refractivity contribution is -0.161. The van der Waals surface area contributed by atoms with E-state index in [2.05, 4.69) is 186 Å². The Kier molecular flexibility index (Phi) is 79.6. The van der Waals surface area contributed by atoms with Crippen LogP contribution in [-0.2, 0) is 65.4 Å². The molecule has 0 saturated carbocycles. The Balaban J connectivity index is 5.43. The van der Waals surface area contributed by atoms with Crippen molar-refractivity contribution in [3.63, 3.8) is 0 Å². The van der Waals surface area contributed by atoms with Gasteiger partial charge in [-0.05, 0) is 173 Å². The van der Waals surface area contributed by atoms with Crippen LogP contribution in [0.4, 0.5) is 0 Å². The number of rotatable bonds is 81. The number of allylic oxidation sites excluding steroid dienone is 26. The van der Waals surface area contributed by atoms with Crippen LogP contribution < -0.4 is 0 Å². The van der Waals surface area contributed by atoms with Crippen LogP contribution in [0.3, 0.4) is 0 Å². The van der Waals surface area contributed by atoms with Gasteiger partial charge in [0.25, 0.3) is 0 Å². The van der Waals surface area contributed by atoms with Crippen LogP contribution in [0.25, 0.3) is 0 Å². The largest absolute Gasteiger partial charge is 0.472 e. The summed E-state index contributed by atoms with van der Waals surface area (Å²) in [5, 5.41) is 10.7. The molecule has 19 heteroatoms. The van der Waals surface area contributed by atoms with Gasteiger partial charge in [0.05, 0.1) is 26.4 Å². The standard InChI is InChI=1S/C93H156O17P2/c1-5-9-13-17-21-25-29-33-37-40-43-46-50-53-57-61-65-69-73-77-90(95)103-83-88(109-92(97)79-75-71-67-63-59-55-49-36-32-28-24-20-16-12-8-4)85-107-111(99,100)105-81-87(94)82-106-112(101,102)108-86-89(110-93(98)80-76-72-68-64-60-56-52-48-45-42-39-35-31-27-23-19-15-11-7-3)84-104-91(96)78-74-70-66-62-58-54-51-47-44-41-38-34-30-26-22-18-14-10-6-2/h9-10,13-14,21-28,33-39,43-49,87-89,94H,5-8,11-12,15-20,29-32,40-42,50-86H2,1-4H3,(H,99,100)(H,101,102)/b13-9-,14-10-,25-21-,26-22-,27-23-,28-24-,37-33-,38-34-,39-35-,46-43-,47-44-,48-45-,49-36-. The van der Waals surface area contributed by atoms with Crippen molar-refractivity contribution in [2.45, 2.75) is 367 Å². The van der Waals surface area contributed by atoms with Gasteiger partial charge in [0.1, 0.15) is 19.3 Å². The number of phosphoric ester groups is 2. The molecule has 0 aliphatic rings. The fraction of sp³-hybridized carbons (Fsp3) is 0.677. The molecule has 0 radical (unpaired) electrons. The molecule has 17 nitrogen and oxygen atoms in total. The summed E-state index contributed by atoms with van der Waals surface area (Å²) in [7, 11) is -10.00. The first-order valence-electron chi connectivity index (χ1n) is 43.7. The molecule has 0 bridgehead atoms. The van der Waals surface area contributed by atoms with Crippen molar-refractivity contribution in [3.8, 4) is 0 Å². The number of esters is 4. The van der Waals surface area contributed by atoms with Crippen LogP contribution >= 0.6 is 15.6 Å². The fourth-order valence-electron chi connectivity index (χ4n) is 11.4. The number of aliphatic hydroxyl groups excluding tert-OH is 1. The summed E-state index contributed by atoms with van der Waals surface area (Å²) >= 11 is 0. The van der Waals surface area contributed by atoms with Crippen molar-refractivity contribution in [1.82, 2.24) is 0 Å². The van der Waals surface area contributed by atoms with Gasteiger partial charge >= 0.3 is 39.5 Å². The summed E-state index contributed by atoms with van der Waals surface area (Å²) in [6, 6.07) is 0. The topological polar surface area (TPSA) is 237 Å². The number of ether oxygens (including phenoxy) is 4. The zero-order valence-electron chi connectivity index (χ0n) is 70.3. The smallest absolute Gasteiger partial charge is 0.462 e. The summed E-state index contributed by atoms with van der Waals surface area (Å²) < 4.78 is 68.9. The lowest BCUT2D eigenvalue weighted by atomic mass is 10.1. The molecule has 0 saturated heterocycles. The van der Waals surface area contributed by atoms with Crippen LogP contribution in [0.15, 0.2) is 158 Å². The first-order valence-corrected chi connectivity index (χ1v) is 46.7. The lowest BCUT2D eigenvalue weighted by Crippen LogP contribution is -2.30. The zero-order chi connectivity index (χ0) is 81.7. The second-order valence-electron chi connectivity index (χ2n) is 28.7. The highest BCUT2D eigenvalue weighted by molar-refractivity contribution is 7.47. The van der Waals surface area contributed by atoms with Gasteiger partial charge in [0.15, 0.2) is 12.2 Å². The Labute approximate surface area is 680 Å². The van der Waals surface area contributed by atoms with E-state index in [-0.39, 0.29) is 25.7 Å². The molecule has 0 aromatic rings. The summed E-state index contributed by atoms with van der Waals surface area (Å²) in [5.41, 5.74) is 0. The molecule has 640 valence electrons. The van der Waals surface area contributed by atoms with Gasteiger partial charge in [-0.3, -0.25) is 37.3 Å². The third-order valence-corrected chi connectivity index (χ3v) is 19.9. The minimum Gasteiger partial charge on any atom is -0.462 e. The fourth-order valence-corrected chi connectivity index (χ4v) is 12.9. The van der Waals surface area contributed by atoms with E-state index in [1.165, 1.54) is 38.5 Å². The lowest BCUT2D eigenvalue weighted by Gasteiger charge is -2.21. The second-order valence-corrected chi connectivity index (χ2v) is 31.6. The molecule has 5 atom stereocenters. The van der Waals surface area contributed by atoms with Crippen molar-refractivity contribution in [2.75, 3.05) is 39.6 Å². The number of phosphoric acid groups is 2. The number of carbonyl (C=O) groups is 4. The molecule has 0 spiro atoms. The van der Waals surface area contributed by atoms with Gasteiger partial charge in [0, 0.05) is 25.7 Å².